The first-order valence-electron chi connectivity index (χ1n) is 12.7. The number of pyridine rings is 1. The zero-order valence-electron chi connectivity index (χ0n) is 22.7. The van der Waals surface area contributed by atoms with E-state index in [9.17, 15) is 0 Å². The fourth-order valence-electron chi connectivity index (χ4n) is 5.33. The van der Waals surface area contributed by atoms with Crippen molar-refractivity contribution in [1.29, 1.82) is 0 Å². The number of benzene rings is 1. The lowest BCUT2D eigenvalue weighted by atomic mass is 9.60. The van der Waals surface area contributed by atoms with Crippen LogP contribution in [0, 0.1) is 0 Å². The van der Waals surface area contributed by atoms with E-state index in [1.54, 1.807) is 0 Å². The molecule has 0 aliphatic carbocycles. The number of hydrogen-bond donors (Lipinski definition) is 0. The van der Waals surface area contributed by atoms with Crippen molar-refractivity contribution in [2.24, 2.45) is 0 Å². The van der Waals surface area contributed by atoms with Gasteiger partial charge in [-0.2, -0.15) is 4.57 Å². The summed E-state index contributed by atoms with van der Waals surface area (Å²) in [5, 5.41) is 0. The molecule has 0 saturated heterocycles. The van der Waals surface area contributed by atoms with Gasteiger partial charge in [0.25, 0.3) is 0 Å². The van der Waals surface area contributed by atoms with E-state index in [1.165, 1.54) is 16.8 Å². The summed E-state index contributed by atoms with van der Waals surface area (Å²) in [6.45, 7) is 22.4. The summed E-state index contributed by atoms with van der Waals surface area (Å²) in [7, 11) is 0. The normalized spacial score (nSPS) is 22.3. The molecule has 1 aromatic carbocycles. The van der Waals surface area contributed by atoms with Crippen molar-refractivity contribution >= 4 is 0 Å². The largest absolute Gasteiger partial charge is 0.217 e. The summed E-state index contributed by atoms with van der Waals surface area (Å²) in [6.07, 6.45) is 4.39. The quantitative estimate of drug-likeness (QED) is 0.402. The third kappa shape index (κ3) is 3.66. The Morgan fingerprint density at radius 3 is 1.94 bits per heavy atom. The van der Waals surface area contributed by atoms with E-state index < -0.39 is 0 Å². The van der Waals surface area contributed by atoms with E-state index in [4.69, 9.17) is 15.0 Å². The van der Waals surface area contributed by atoms with Crippen LogP contribution in [0.5, 0.6) is 0 Å². The molecule has 4 rings (SSSR count). The number of hydrogen-bond acceptors (Lipinski definition) is 3. The van der Waals surface area contributed by atoms with Gasteiger partial charge in [-0.25, -0.2) is 15.0 Å². The zero-order valence-corrected chi connectivity index (χ0v) is 22.7. The maximum absolute atomic E-state index is 4.97. The molecule has 2 unspecified atom stereocenters. The highest BCUT2D eigenvalue weighted by molar-refractivity contribution is 5.72. The second kappa shape index (κ2) is 7.96. The third-order valence-electron chi connectivity index (χ3n) is 8.10. The lowest BCUT2D eigenvalue weighted by molar-refractivity contribution is -0.765. The topological polar surface area (TPSA) is 42.6 Å². The minimum Gasteiger partial charge on any atom is -0.217 e. The predicted molar refractivity (Wildman–Crippen MR) is 140 cm³/mol. The summed E-state index contributed by atoms with van der Waals surface area (Å²) in [5.41, 5.74) is 4.70. The summed E-state index contributed by atoms with van der Waals surface area (Å²) >= 11 is 0. The van der Waals surface area contributed by atoms with Gasteiger partial charge in [0, 0.05) is 41.9 Å². The number of fused-ring (bicyclic) bond motifs is 3. The molecule has 3 aromatic rings. The van der Waals surface area contributed by atoms with Crippen LogP contribution >= 0.6 is 0 Å². The van der Waals surface area contributed by atoms with Crippen molar-refractivity contribution in [3.05, 3.63) is 59.8 Å². The van der Waals surface area contributed by atoms with Crippen molar-refractivity contribution in [3.63, 3.8) is 0 Å². The average Bonchev–Trinajstić information content (AvgIpc) is 2.80. The predicted octanol–water partition coefficient (Wildman–Crippen LogP) is 6.89. The van der Waals surface area contributed by atoms with Gasteiger partial charge in [0.2, 0.25) is 5.69 Å². The van der Waals surface area contributed by atoms with Gasteiger partial charge in [-0.05, 0) is 31.0 Å². The molecular weight excluding hydrogens is 416 g/mol. The van der Waals surface area contributed by atoms with Crippen molar-refractivity contribution < 1.29 is 4.57 Å². The highest BCUT2D eigenvalue weighted by Crippen LogP contribution is 2.50. The first-order valence-corrected chi connectivity index (χ1v) is 12.7. The standard InChI is InChI=1S/C30H41N4/c1-11-29(9)22-17-16-20(19-21(22)23-15-13-14-18-34(23)30(29,10)12-2)24-31-25(27(3,4)5)33-26(32-24)28(6,7)8/h13-19H,11-12H2,1-10H3/q+1. The molecule has 1 aliphatic heterocycles. The van der Waals surface area contributed by atoms with E-state index in [0.717, 1.165) is 35.9 Å². The molecule has 0 radical (unpaired) electrons. The van der Waals surface area contributed by atoms with E-state index in [2.05, 4.69) is 116 Å². The van der Waals surface area contributed by atoms with Crippen LogP contribution in [0.25, 0.3) is 22.6 Å². The van der Waals surface area contributed by atoms with Crippen LogP contribution < -0.4 is 4.57 Å². The van der Waals surface area contributed by atoms with E-state index >= 15 is 0 Å². The van der Waals surface area contributed by atoms with Crippen molar-refractivity contribution in [3.8, 4) is 22.6 Å². The Kier molecular flexibility index (Phi) is 5.74. The van der Waals surface area contributed by atoms with Gasteiger partial charge in [-0.15, -0.1) is 0 Å². The number of aromatic nitrogens is 4. The van der Waals surface area contributed by atoms with Crippen LogP contribution in [0.3, 0.4) is 0 Å². The van der Waals surface area contributed by atoms with Crippen molar-refractivity contribution in [1.82, 2.24) is 15.0 Å². The Bertz CT molecular complexity index is 1200. The average molecular weight is 458 g/mol. The van der Waals surface area contributed by atoms with Gasteiger partial charge in [0.15, 0.2) is 17.6 Å². The Labute approximate surface area is 205 Å². The maximum atomic E-state index is 4.97. The van der Waals surface area contributed by atoms with Crippen LogP contribution in [0.2, 0.25) is 0 Å². The van der Waals surface area contributed by atoms with Crippen LogP contribution in [-0.4, -0.2) is 15.0 Å². The summed E-state index contributed by atoms with van der Waals surface area (Å²) in [4.78, 5) is 14.8. The highest BCUT2D eigenvalue weighted by Gasteiger charge is 2.56. The Balaban J connectivity index is 1.99. The lowest BCUT2D eigenvalue weighted by Crippen LogP contribution is -2.67. The van der Waals surface area contributed by atoms with Gasteiger partial charge in [0.1, 0.15) is 11.6 Å². The molecule has 34 heavy (non-hydrogen) atoms. The van der Waals surface area contributed by atoms with Crippen LogP contribution in [0.15, 0.2) is 42.6 Å². The molecule has 0 N–H and O–H groups in total. The minimum atomic E-state index is -0.155. The van der Waals surface area contributed by atoms with Crippen molar-refractivity contribution in [2.45, 2.75) is 104 Å². The molecule has 4 nitrogen and oxygen atoms in total. The summed E-state index contributed by atoms with van der Waals surface area (Å²) in [5.74, 6) is 2.44. The molecule has 1 aliphatic rings. The molecular formula is C30H41N4+. The molecule has 0 bridgehead atoms. The molecule has 0 amide bonds. The highest BCUT2D eigenvalue weighted by atomic mass is 15.1. The summed E-state index contributed by atoms with van der Waals surface area (Å²) < 4.78 is 2.50. The smallest absolute Gasteiger partial charge is 0.213 e. The molecule has 180 valence electrons. The molecule has 4 heteroatoms. The zero-order chi connectivity index (χ0) is 25.1. The van der Waals surface area contributed by atoms with Gasteiger partial charge in [-0.3, -0.25) is 0 Å². The Morgan fingerprint density at radius 2 is 1.41 bits per heavy atom. The van der Waals surface area contributed by atoms with Gasteiger partial charge in [-0.1, -0.05) is 67.5 Å². The monoisotopic (exact) mass is 457 g/mol. The number of nitrogens with zero attached hydrogens (tertiary/aromatic N) is 4. The Hall–Kier alpha value is -2.62. The first-order chi connectivity index (χ1) is 15.8. The lowest BCUT2D eigenvalue weighted by Gasteiger charge is -2.46. The molecule has 0 spiro atoms. The molecule has 0 saturated carbocycles. The Morgan fingerprint density at radius 1 is 0.794 bits per heavy atom. The van der Waals surface area contributed by atoms with E-state index in [-0.39, 0.29) is 21.8 Å². The molecule has 3 heterocycles. The third-order valence-corrected chi connectivity index (χ3v) is 8.10. The van der Waals surface area contributed by atoms with E-state index in [0.29, 0.717) is 0 Å². The molecule has 0 fully saturated rings. The van der Waals surface area contributed by atoms with Crippen molar-refractivity contribution in [2.75, 3.05) is 0 Å². The van der Waals surface area contributed by atoms with Crippen LogP contribution in [0.1, 0.15) is 99.3 Å². The van der Waals surface area contributed by atoms with Crippen LogP contribution in [0.4, 0.5) is 0 Å². The van der Waals surface area contributed by atoms with Gasteiger partial charge >= 0.3 is 0 Å². The fraction of sp³-hybridized carbons (Fsp3) is 0.533. The maximum Gasteiger partial charge on any atom is 0.213 e. The van der Waals surface area contributed by atoms with Gasteiger partial charge in [0.05, 0.1) is 11.0 Å². The molecule has 2 aromatic heterocycles. The van der Waals surface area contributed by atoms with Crippen LogP contribution in [-0.2, 0) is 21.8 Å². The number of rotatable bonds is 3. The van der Waals surface area contributed by atoms with Gasteiger partial charge < -0.3 is 0 Å². The second-order valence-electron chi connectivity index (χ2n) is 12.3. The molecule has 2 atom stereocenters. The second-order valence-corrected chi connectivity index (χ2v) is 12.3. The fourth-order valence-corrected chi connectivity index (χ4v) is 5.33. The first kappa shape index (κ1) is 24.5. The van der Waals surface area contributed by atoms with E-state index in [1.807, 2.05) is 0 Å². The SMILES string of the molecule is CCC1(C)c2ccc(-c3nc(C(C)(C)C)nc(C(C)(C)C)n3)cc2-c2cccc[n+]2C1(C)CC. The minimum absolute atomic E-state index is 0.00116. The summed E-state index contributed by atoms with van der Waals surface area (Å²) in [6, 6.07) is 13.4.